The van der Waals surface area contributed by atoms with Gasteiger partial charge in [0, 0.05) is 18.7 Å². The average molecular weight is 255 g/mol. The predicted molar refractivity (Wildman–Crippen MR) is 69.5 cm³/mol. The smallest absolute Gasteiger partial charge is 0.220 e. The summed E-state index contributed by atoms with van der Waals surface area (Å²) in [5.41, 5.74) is 0.834. The number of thioether (sulfide) groups is 1. The van der Waals surface area contributed by atoms with Crippen LogP contribution in [-0.4, -0.2) is 34.7 Å². The van der Waals surface area contributed by atoms with E-state index in [-0.39, 0.29) is 17.4 Å². The van der Waals surface area contributed by atoms with E-state index in [0.29, 0.717) is 19.4 Å². The summed E-state index contributed by atoms with van der Waals surface area (Å²) in [5, 5.41) is 21.2. The van der Waals surface area contributed by atoms with Crippen molar-refractivity contribution in [1.82, 2.24) is 5.32 Å². The lowest BCUT2D eigenvalue weighted by molar-refractivity contribution is -0.120. The third-order valence-electron chi connectivity index (χ3n) is 2.31. The van der Waals surface area contributed by atoms with Gasteiger partial charge in [-0.25, -0.2) is 0 Å². The van der Waals surface area contributed by atoms with Gasteiger partial charge in [-0.1, -0.05) is 6.07 Å². The topological polar surface area (TPSA) is 69.6 Å². The van der Waals surface area contributed by atoms with Crippen LogP contribution in [0.5, 0.6) is 11.5 Å². The minimum absolute atomic E-state index is 0.00612. The Morgan fingerprint density at radius 1 is 1.35 bits per heavy atom. The van der Waals surface area contributed by atoms with Crippen molar-refractivity contribution in [3.05, 3.63) is 23.8 Å². The molecule has 0 aliphatic carbocycles. The van der Waals surface area contributed by atoms with Gasteiger partial charge in [0.2, 0.25) is 5.91 Å². The third-order valence-corrected chi connectivity index (χ3v) is 2.92. The Hall–Kier alpha value is -1.36. The zero-order valence-corrected chi connectivity index (χ0v) is 10.6. The van der Waals surface area contributed by atoms with Crippen LogP contribution in [0.2, 0.25) is 0 Å². The molecule has 0 unspecified atom stereocenters. The molecule has 1 amide bonds. The van der Waals surface area contributed by atoms with E-state index < -0.39 is 0 Å². The Balaban J connectivity index is 2.34. The molecule has 0 aliphatic heterocycles. The molecule has 0 aliphatic rings. The van der Waals surface area contributed by atoms with E-state index in [2.05, 4.69) is 5.32 Å². The molecule has 1 aromatic carbocycles. The molecule has 0 saturated carbocycles. The molecule has 17 heavy (non-hydrogen) atoms. The molecular formula is C12H17NO3S. The molecule has 0 radical (unpaired) electrons. The number of aryl methyl sites for hydroxylation is 1. The quantitative estimate of drug-likeness (QED) is 0.532. The van der Waals surface area contributed by atoms with Crippen molar-refractivity contribution >= 4 is 17.7 Å². The van der Waals surface area contributed by atoms with Gasteiger partial charge >= 0.3 is 0 Å². The highest BCUT2D eigenvalue weighted by molar-refractivity contribution is 7.98. The molecule has 0 spiro atoms. The highest BCUT2D eigenvalue weighted by Crippen LogP contribution is 2.25. The van der Waals surface area contributed by atoms with E-state index in [1.54, 1.807) is 17.8 Å². The highest BCUT2D eigenvalue weighted by Gasteiger charge is 2.04. The van der Waals surface area contributed by atoms with Gasteiger partial charge in [-0.15, -0.1) is 0 Å². The van der Waals surface area contributed by atoms with Crippen LogP contribution in [0.4, 0.5) is 0 Å². The van der Waals surface area contributed by atoms with E-state index in [1.807, 2.05) is 6.26 Å². The molecule has 0 fully saturated rings. The molecule has 1 rings (SSSR count). The number of nitrogens with one attached hydrogen (secondary N) is 1. The van der Waals surface area contributed by atoms with E-state index >= 15 is 0 Å². The molecule has 1 aromatic rings. The molecule has 0 aromatic heterocycles. The van der Waals surface area contributed by atoms with Gasteiger partial charge in [-0.05, 0) is 30.4 Å². The lowest BCUT2D eigenvalue weighted by Gasteiger charge is -2.05. The second kappa shape index (κ2) is 7.06. The number of rotatable bonds is 6. The lowest BCUT2D eigenvalue weighted by atomic mass is 10.1. The SMILES string of the molecule is CSCCNC(=O)CCc1ccc(O)c(O)c1. The Labute approximate surface area is 105 Å². The number of hydrogen-bond acceptors (Lipinski definition) is 4. The maximum Gasteiger partial charge on any atom is 0.220 e. The maximum absolute atomic E-state index is 11.4. The van der Waals surface area contributed by atoms with Crippen LogP contribution < -0.4 is 5.32 Å². The van der Waals surface area contributed by atoms with Crippen LogP contribution in [0.15, 0.2) is 18.2 Å². The van der Waals surface area contributed by atoms with E-state index in [9.17, 15) is 9.90 Å². The van der Waals surface area contributed by atoms with E-state index in [0.717, 1.165) is 11.3 Å². The van der Waals surface area contributed by atoms with Gasteiger partial charge in [-0.3, -0.25) is 4.79 Å². The third kappa shape index (κ3) is 4.99. The van der Waals surface area contributed by atoms with Gasteiger partial charge in [0.15, 0.2) is 11.5 Å². The van der Waals surface area contributed by atoms with Crippen LogP contribution in [0.3, 0.4) is 0 Å². The average Bonchev–Trinajstić information content (AvgIpc) is 2.31. The van der Waals surface area contributed by atoms with Crippen LogP contribution in [0, 0.1) is 0 Å². The molecule has 0 heterocycles. The summed E-state index contributed by atoms with van der Waals surface area (Å²) in [6.07, 6.45) is 2.93. The number of amides is 1. The number of phenols is 2. The fraction of sp³-hybridized carbons (Fsp3) is 0.417. The summed E-state index contributed by atoms with van der Waals surface area (Å²) in [7, 11) is 0. The summed E-state index contributed by atoms with van der Waals surface area (Å²) in [5.74, 6) is 0.626. The standard InChI is InChI=1S/C12H17NO3S/c1-17-7-6-13-12(16)5-3-9-2-4-10(14)11(15)8-9/h2,4,8,14-15H,3,5-7H2,1H3,(H,13,16). The number of hydrogen-bond donors (Lipinski definition) is 3. The van der Waals surface area contributed by atoms with E-state index in [1.165, 1.54) is 12.1 Å². The molecule has 5 heteroatoms. The largest absolute Gasteiger partial charge is 0.504 e. The molecule has 4 nitrogen and oxygen atoms in total. The molecule has 94 valence electrons. The summed E-state index contributed by atoms with van der Waals surface area (Å²) < 4.78 is 0. The Kier molecular flexibility index (Phi) is 5.69. The Bertz CT molecular complexity index is 382. The van der Waals surface area contributed by atoms with Gasteiger partial charge in [-0.2, -0.15) is 11.8 Å². The first-order chi connectivity index (χ1) is 8.13. The monoisotopic (exact) mass is 255 g/mol. The number of aromatic hydroxyl groups is 2. The fourth-order valence-corrected chi connectivity index (χ4v) is 1.67. The molecule has 3 N–H and O–H groups in total. The van der Waals surface area contributed by atoms with Gasteiger partial charge in [0.25, 0.3) is 0 Å². The minimum atomic E-state index is -0.148. The maximum atomic E-state index is 11.4. The number of carbonyl (C=O) groups excluding carboxylic acids is 1. The van der Waals surface area contributed by atoms with Crippen molar-refractivity contribution in [3.8, 4) is 11.5 Å². The molecule has 0 saturated heterocycles. The van der Waals surface area contributed by atoms with Gasteiger partial charge in [0.05, 0.1) is 0 Å². The number of carbonyl (C=O) groups is 1. The van der Waals surface area contributed by atoms with Crippen LogP contribution in [-0.2, 0) is 11.2 Å². The fourth-order valence-electron chi connectivity index (χ4n) is 1.36. The van der Waals surface area contributed by atoms with Gasteiger partial charge in [0.1, 0.15) is 0 Å². The van der Waals surface area contributed by atoms with Crippen molar-refractivity contribution in [3.63, 3.8) is 0 Å². The van der Waals surface area contributed by atoms with Crippen molar-refractivity contribution in [2.24, 2.45) is 0 Å². The van der Waals surface area contributed by atoms with E-state index in [4.69, 9.17) is 5.11 Å². The first-order valence-electron chi connectivity index (χ1n) is 5.40. The van der Waals surface area contributed by atoms with Crippen LogP contribution >= 0.6 is 11.8 Å². The Morgan fingerprint density at radius 2 is 2.12 bits per heavy atom. The zero-order chi connectivity index (χ0) is 12.7. The summed E-state index contributed by atoms with van der Waals surface area (Å²) >= 11 is 1.69. The normalized spacial score (nSPS) is 10.2. The number of phenolic OH excluding ortho intramolecular Hbond substituents is 2. The van der Waals surface area contributed by atoms with Crippen molar-refractivity contribution in [2.75, 3.05) is 18.6 Å². The van der Waals surface area contributed by atoms with Crippen molar-refractivity contribution < 1.29 is 15.0 Å². The first-order valence-corrected chi connectivity index (χ1v) is 6.79. The van der Waals surface area contributed by atoms with Crippen LogP contribution in [0.1, 0.15) is 12.0 Å². The molecular weight excluding hydrogens is 238 g/mol. The van der Waals surface area contributed by atoms with Gasteiger partial charge < -0.3 is 15.5 Å². The molecule has 0 bridgehead atoms. The summed E-state index contributed by atoms with van der Waals surface area (Å²) in [4.78, 5) is 11.4. The first kappa shape index (κ1) is 13.7. The van der Waals surface area contributed by atoms with Crippen molar-refractivity contribution in [1.29, 1.82) is 0 Å². The van der Waals surface area contributed by atoms with Crippen molar-refractivity contribution in [2.45, 2.75) is 12.8 Å². The second-order valence-corrected chi connectivity index (χ2v) is 4.65. The summed E-state index contributed by atoms with van der Waals surface area (Å²) in [6.45, 7) is 0.681. The lowest BCUT2D eigenvalue weighted by Crippen LogP contribution is -2.25. The second-order valence-electron chi connectivity index (χ2n) is 3.67. The Morgan fingerprint density at radius 3 is 2.76 bits per heavy atom. The van der Waals surface area contributed by atoms with Crippen LogP contribution in [0.25, 0.3) is 0 Å². The number of benzene rings is 1. The minimum Gasteiger partial charge on any atom is -0.504 e. The predicted octanol–water partition coefficient (Wildman–Crippen LogP) is 1.51. The highest BCUT2D eigenvalue weighted by atomic mass is 32.2. The molecule has 0 atom stereocenters. The summed E-state index contributed by atoms with van der Waals surface area (Å²) in [6, 6.07) is 4.60. The zero-order valence-electron chi connectivity index (χ0n) is 9.77.